The fraction of sp³-hybridized carbons (Fsp3) is 0.250. The van der Waals surface area contributed by atoms with E-state index in [1.165, 1.54) is 7.11 Å². The number of hydrogen-bond donors (Lipinski definition) is 2. The van der Waals surface area contributed by atoms with Crippen molar-refractivity contribution in [3.63, 3.8) is 0 Å². The van der Waals surface area contributed by atoms with Crippen molar-refractivity contribution in [1.82, 2.24) is 10.3 Å². The van der Waals surface area contributed by atoms with Gasteiger partial charge in [-0.25, -0.2) is 14.6 Å². The van der Waals surface area contributed by atoms with Gasteiger partial charge in [-0.05, 0) is 42.3 Å². The SMILES string of the molecule is COC(=O)C(NC(=O)Nc1ccc(-c2nc3ccccc3s2)cc1)C(C)C. The second-order valence-electron chi connectivity index (χ2n) is 6.41. The van der Waals surface area contributed by atoms with Gasteiger partial charge in [0.2, 0.25) is 0 Å². The first-order valence-corrected chi connectivity index (χ1v) is 9.41. The van der Waals surface area contributed by atoms with Gasteiger partial charge in [0.1, 0.15) is 11.0 Å². The number of thiazole rings is 1. The molecular formula is C20H21N3O3S. The molecule has 7 heteroatoms. The van der Waals surface area contributed by atoms with Crippen molar-refractivity contribution in [2.24, 2.45) is 5.92 Å². The van der Waals surface area contributed by atoms with Gasteiger partial charge in [0.05, 0.1) is 17.3 Å². The number of esters is 1. The highest BCUT2D eigenvalue weighted by atomic mass is 32.1. The van der Waals surface area contributed by atoms with E-state index in [-0.39, 0.29) is 5.92 Å². The third-order valence-electron chi connectivity index (χ3n) is 4.09. The highest BCUT2D eigenvalue weighted by Crippen LogP contribution is 2.30. The van der Waals surface area contributed by atoms with Gasteiger partial charge in [0, 0.05) is 11.3 Å². The number of rotatable bonds is 5. The van der Waals surface area contributed by atoms with Gasteiger partial charge in [-0.3, -0.25) is 0 Å². The maximum absolute atomic E-state index is 12.2. The number of ether oxygens (including phenoxy) is 1. The topological polar surface area (TPSA) is 80.3 Å². The lowest BCUT2D eigenvalue weighted by atomic mass is 10.1. The van der Waals surface area contributed by atoms with E-state index in [4.69, 9.17) is 4.74 Å². The number of carbonyl (C=O) groups is 2. The van der Waals surface area contributed by atoms with Crippen LogP contribution in [0, 0.1) is 5.92 Å². The average Bonchev–Trinajstić information content (AvgIpc) is 3.10. The summed E-state index contributed by atoms with van der Waals surface area (Å²) in [5, 5.41) is 6.31. The average molecular weight is 383 g/mol. The molecule has 6 nitrogen and oxygen atoms in total. The van der Waals surface area contributed by atoms with E-state index in [0.29, 0.717) is 5.69 Å². The minimum absolute atomic E-state index is 0.0791. The molecule has 1 heterocycles. The summed E-state index contributed by atoms with van der Waals surface area (Å²) in [6, 6.07) is 14.3. The van der Waals surface area contributed by atoms with Crippen LogP contribution in [0.5, 0.6) is 0 Å². The Labute approximate surface area is 161 Å². The highest BCUT2D eigenvalue weighted by Gasteiger charge is 2.24. The van der Waals surface area contributed by atoms with Crippen molar-refractivity contribution in [3.05, 3.63) is 48.5 Å². The Balaban J connectivity index is 1.68. The van der Waals surface area contributed by atoms with Crippen LogP contribution in [-0.4, -0.2) is 30.1 Å². The molecule has 0 aliphatic rings. The number of para-hydroxylation sites is 1. The predicted molar refractivity (Wildman–Crippen MR) is 108 cm³/mol. The van der Waals surface area contributed by atoms with Crippen LogP contribution in [0.25, 0.3) is 20.8 Å². The molecule has 3 aromatic rings. The van der Waals surface area contributed by atoms with Crippen LogP contribution in [0.2, 0.25) is 0 Å². The normalized spacial score (nSPS) is 12.0. The van der Waals surface area contributed by atoms with Crippen LogP contribution in [-0.2, 0) is 9.53 Å². The first-order valence-electron chi connectivity index (χ1n) is 8.59. The first kappa shape index (κ1) is 18.8. The molecule has 1 unspecified atom stereocenters. The second-order valence-corrected chi connectivity index (χ2v) is 7.44. The number of methoxy groups -OCH3 is 1. The van der Waals surface area contributed by atoms with E-state index in [1.807, 2.05) is 62.4 Å². The van der Waals surface area contributed by atoms with E-state index in [1.54, 1.807) is 11.3 Å². The Morgan fingerprint density at radius 1 is 1.07 bits per heavy atom. The number of anilines is 1. The van der Waals surface area contributed by atoms with E-state index in [9.17, 15) is 9.59 Å². The minimum Gasteiger partial charge on any atom is -0.467 e. The first-order chi connectivity index (χ1) is 13.0. The van der Waals surface area contributed by atoms with Crippen LogP contribution >= 0.6 is 11.3 Å². The van der Waals surface area contributed by atoms with Crippen molar-refractivity contribution in [2.75, 3.05) is 12.4 Å². The number of amides is 2. The van der Waals surface area contributed by atoms with Crippen LogP contribution in [0.3, 0.4) is 0 Å². The number of urea groups is 1. The third-order valence-corrected chi connectivity index (χ3v) is 5.18. The lowest BCUT2D eigenvalue weighted by molar-refractivity contribution is -0.143. The molecule has 2 amide bonds. The molecule has 3 rings (SSSR count). The van der Waals surface area contributed by atoms with E-state index in [0.717, 1.165) is 20.8 Å². The van der Waals surface area contributed by atoms with E-state index in [2.05, 4.69) is 15.6 Å². The van der Waals surface area contributed by atoms with Crippen molar-refractivity contribution < 1.29 is 14.3 Å². The smallest absolute Gasteiger partial charge is 0.328 e. The molecule has 2 N–H and O–H groups in total. The number of nitrogens with zero attached hydrogens (tertiary/aromatic N) is 1. The predicted octanol–water partition coefficient (Wildman–Crippen LogP) is 4.28. The molecule has 0 saturated carbocycles. The Hall–Kier alpha value is -2.93. The summed E-state index contributed by atoms with van der Waals surface area (Å²) in [4.78, 5) is 28.6. The van der Waals surface area contributed by atoms with Gasteiger partial charge in [-0.1, -0.05) is 26.0 Å². The van der Waals surface area contributed by atoms with Gasteiger partial charge in [0.15, 0.2) is 0 Å². The zero-order valence-corrected chi connectivity index (χ0v) is 16.2. The lowest BCUT2D eigenvalue weighted by Gasteiger charge is -2.20. The number of benzene rings is 2. The summed E-state index contributed by atoms with van der Waals surface area (Å²) in [5.41, 5.74) is 2.59. The van der Waals surface area contributed by atoms with Gasteiger partial charge >= 0.3 is 12.0 Å². The molecular weight excluding hydrogens is 362 g/mol. The van der Waals surface area contributed by atoms with Gasteiger partial charge in [0.25, 0.3) is 0 Å². The minimum atomic E-state index is -0.697. The molecule has 0 radical (unpaired) electrons. The van der Waals surface area contributed by atoms with Crippen LogP contribution in [0.15, 0.2) is 48.5 Å². The standard InChI is InChI=1S/C20H21N3O3S/c1-12(2)17(19(24)26-3)23-20(25)21-14-10-8-13(9-11-14)18-22-15-6-4-5-7-16(15)27-18/h4-12,17H,1-3H3,(H2,21,23,25). The lowest BCUT2D eigenvalue weighted by Crippen LogP contribution is -2.46. The molecule has 0 fully saturated rings. The number of carbonyl (C=O) groups excluding carboxylic acids is 2. The molecule has 27 heavy (non-hydrogen) atoms. The molecule has 140 valence electrons. The zero-order chi connectivity index (χ0) is 19.4. The van der Waals surface area contributed by atoms with Crippen LogP contribution < -0.4 is 10.6 Å². The molecule has 0 bridgehead atoms. The summed E-state index contributed by atoms with van der Waals surface area (Å²) in [6.45, 7) is 3.68. The number of nitrogens with one attached hydrogen (secondary N) is 2. The Morgan fingerprint density at radius 3 is 2.41 bits per heavy atom. The maximum atomic E-state index is 12.2. The molecule has 0 aliphatic carbocycles. The highest BCUT2D eigenvalue weighted by molar-refractivity contribution is 7.21. The summed E-state index contributed by atoms with van der Waals surface area (Å²) >= 11 is 1.63. The Kier molecular flexibility index (Phi) is 5.71. The molecule has 1 aromatic heterocycles. The van der Waals surface area contributed by atoms with Crippen molar-refractivity contribution in [2.45, 2.75) is 19.9 Å². The van der Waals surface area contributed by atoms with Gasteiger partial charge in [-0.15, -0.1) is 11.3 Å². The van der Waals surface area contributed by atoms with Crippen LogP contribution in [0.4, 0.5) is 10.5 Å². The number of fused-ring (bicyclic) bond motifs is 1. The molecule has 1 atom stereocenters. The summed E-state index contributed by atoms with van der Waals surface area (Å²) < 4.78 is 5.86. The number of hydrogen-bond acceptors (Lipinski definition) is 5. The van der Waals surface area contributed by atoms with Crippen LogP contribution in [0.1, 0.15) is 13.8 Å². The maximum Gasteiger partial charge on any atom is 0.328 e. The van der Waals surface area contributed by atoms with Gasteiger partial charge < -0.3 is 15.4 Å². The molecule has 0 aliphatic heterocycles. The van der Waals surface area contributed by atoms with Crippen molar-refractivity contribution in [3.8, 4) is 10.6 Å². The van der Waals surface area contributed by atoms with E-state index >= 15 is 0 Å². The monoisotopic (exact) mass is 383 g/mol. The molecule has 0 saturated heterocycles. The Morgan fingerprint density at radius 2 is 1.78 bits per heavy atom. The zero-order valence-electron chi connectivity index (χ0n) is 15.4. The van der Waals surface area contributed by atoms with E-state index < -0.39 is 18.0 Å². The summed E-state index contributed by atoms with van der Waals surface area (Å²) in [5.74, 6) is -0.545. The van der Waals surface area contributed by atoms with Crippen molar-refractivity contribution >= 4 is 39.2 Å². The fourth-order valence-electron chi connectivity index (χ4n) is 2.62. The second kappa shape index (κ2) is 8.18. The molecule has 0 spiro atoms. The summed E-state index contributed by atoms with van der Waals surface area (Å²) in [7, 11) is 1.30. The third kappa shape index (κ3) is 4.43. The molecule has 2 aromatic carbocycles. The van der Waals surface area contributed by atoms with Gasteiger partial charge in [-0.2, -0.15) is 0 Å². The largest absolute Gasteiger partial charge is 0.467 e. The Bertz CT molecular complexity index is 918. The van der Waals surface area contributed by atoms with Crippen molar-refractivity contribution in [1.29, 1.82) is 0 Å². The quantitative estimate of drug-likeness (QED) is 0.645. The summed E-state index contributed by atoms with van der Waals surface area (Å²) in [6.07, 6.45) is 0. The fourth-order valence-corrected chi connectivity index (χ4v) is 3.60. The number of aromatic nitrogens is 1.